The highest BCUT2D eigenvalue weighted by atomic mass is 15.2. The molecule has 1 heterocycles. The lowest BCUT2D eigenvalue weighted by Crippen LogP contribution is -2.41. The van der Waals surface area contributed by atoms with E-state index >= 15 is 0 Å². The van der Waals surface area contributed by atoms with Gasteiger partial charge in [-0.25, -0.2) is 0 Å². The highest BCUT2D eigenvalue weighted by Crippen LogP contribution is 2.31. The first-order valence-electron chi connectivity index (χ1n) is 8.13. The van der Waals surface area contributed by atoms with Crippen LogP contribution in [0.3, 0.4) is 0 Å². The molecule has 2 nitrogen and oxygen atoms in total. The first-order valence-corrected chi connectivity index (χ1v) is 8.13. The molecule has 0 radical (unpaired) electrons. The van der Waals surface area contributed by atoms with Crippen LogP contribution in [0.5, 0.6) is 0 Å². The molecule has 1 saturated heterocycles. The number of piperidine rings is 1. The lowest BCUT2D eigenvalue weighted by molar-refractivity contribution is 0.377. The molecule has 0 aliphatic carbocycles. The first-order chi connectivity index (χ1) is 9.51. The maximum Gasteiger partial charge on any atom is 0.0401 e. The summed E-state index contributed by atoms with van der Waals surface area (Å²) in [6, 6.07) is 7.78. The molecule has 3 atom stereocenters. The SMILES string of the molecule is CCC(N)Cc1cc(C)ccc1N1CCC(C)CC1C. The predicted molar refractivity (Wildman–Crippen MR) is 88.4 cm³/mol. The second kappa shape index (κ2) is 6.62. The summed E-state index contributed by atoms with van der Waals surface area (Å²) in [5.41, 5.74) is 10.4. The van der Waals surface area contributed by atoms with Crippen molar-refractivity contribution < 1.29 is 0 Å². The standard InChI is InChI=1S/C18H30N2/c1-5-17(19)12-16-11-13(2)6-7-18(16)20-9-8-14(3)10-15(20)4/h6-7,11,14-15,17H,5,8-10,12,19H2,1-4H3. The number of hydrogen-bond donors (Lipinski definition) is 1. The normalized spacial score (nSPS) is 24.8. The summed E-state index contributed by atoms with van der Waals surface area (Å²) in [6.45, 7) is 10.3. The molecule has 20 heavy (non-hydrogen) atoms. The molecule has 1 aromatic carbocycles. The van der Waals surface area contributed by atoms with Gasteiger partial charge in [0.1, 0.15) is 0 Å². The molecule has 0 saturated carbocycles. The molecule has 1 fully saturated rings. The molecule has 0 aromatic heterocycles. The minimum absolute atomic E-state index is 0.273. The Kier molecular flexibility index (Phi) is 5.09. The van der Waals surface area contributed by atoms with Crippen molar-refractivity contribution in [2.24, 2.45) is 11.7 Å². The second-order valence-electron chi connectivity index (χ2n) is 6.68. The maximum atomic E-state index is 6.19. The van der Waals surface area contributed by atoms with Crippen LogP contribution in [0, 0.1) is 12.8 Å². The van der Waals surface area contributed by atoms with Gasteiger partial charge in [-0.1, -0.05) is 31.5 Å². The molecule has 112 valence electrons. The van der Waals surface area contributed by atoms with Crippen LogP contribution in [0.4, 0.5) is 5.69 Å². The predicted octanol–water partition coefficient (Wildman–Crippen LogP) is 3.90. The summed E-state index contributed by atoms with van der Waals surface area (Å²) in [7, 11) is 0. The lowest BCUT2D eigenvalue weighted by atomic mass is 9.91. The lowest BCUT2D eigenvalue weighted by Gasteiger charge is -2.39. The van der Waals surface area contributed by atoms with E-state index in [4.69, 9.17) is 5.73 Å². The third-order valence-corrected chi connectivity index (χ3v) is 4.69. The Morgan fingerprint density at radius 2 is 2.10 bits per heavy atom. The minimum Gasteiger partial charge on any atom is -0.369 e. The van der Waals surface area contributed by atoms with Crippen molar-refractivity contribution in [1.29, 1.82) is 0 Å². The van der Waals surface area contributed by atoms with Crippen molar-refractivity contribution in [2.75, 3.05) is 11.4 Å². The zero-order valence-electron chi connectivity index (χ0n) is 13.5. The fourth-order valence-corrected chi connectivity index (χ4v) is 3.35. The molecule has 1 aliphatic rings. The van der Waals surface area contributed by atoms with E-state index in [2.05, 4.69) is 50.8 Å². The van der Waals surface area contributed by atoms with E-state index in [1.165, 1.54) is 36.2 Å². The monoisotopic (exact) mass is 274 g/mol. The van der Waals surface area contributed by atoms with Crippen LogP contribution in [0.25, 0.3) is 0 Å². The van der Waals surface area contributed by atoms with Crippen LogP contribution in [-0.2, 0) is 6.42 Å². The molecule has 0 bridgehead atoms. The summed E-state index contributed by atoms with van der Waals surface area (Å²) in [6.07, 6.45) is 4.64. The van der Waals surface area contributed by atoms with Gasteiger partial charge in [0.25, 0.3) is 0 Å². The Bertz CT molecular complexity index is 441. The van der Waals surface area contributed by atoms with E-state index in [0.29, 0.717) is 6.04 Å². The summed E-state index contributed by atoms with van der Waals surface area (Å²) < 4.78 is 0. The smallest absolute Gasteiger partial charge is 0.0401 e. The van der Waals surface area contributed by atoms with Gasteiger partial charge >= 0.3 is 0 Å². The molecule has 3 unspecified atom stereocenters. The highest BCUT2D eigenvalue weighted by Gasteiger charge is 2.24. The Morgan fingerprint density at radius 1 is 1.35 bits per heavy atom. The molecule has 2 heteroatoms. The zero-order valence-corrected chi connectivity index (χ0v) is 13.5. The van der Waals surface area contributed by atoms with Gasteiger partial charge in [-0.15, -0.1) is 0 Å². The van der Waals surface area contributed by atoms with E-state index in [-0.39, 0.29) is 6.04 Å². The summed E-state index contributed by atoms with van der Waals surface area (Å²) in [4.78, 5) is 2.59. The number of rotatable bonds is 4. The van der Waals surface area contributed by atoms with Gasteiger partial charge in [-0.2, -0.15) is 0 Å². The largest absolute Gasteiger partial charge is 0.369 e. The fourth-order valence-electron chi connectivity index (χ4n) is 3.35. The topological polar surface area (TPSA) is 29.3 Å². The van der Waals surface area contributed by atoms with Crippen LogP contribution >= 0.6 is 0 Å². The van der Waals surface area contributed by atoms with Gasteiger partial charge in [0.2, 0.25) is 0 Å². The van der Waals surface area contributed by atoms with Crippen molar-refractivity contribution in [3.05, 3.63) is 29.3 Å². The number of anilines is 1. The van der Waals surface area contributed by atoms with E-state index in [1.54, 1.807) is 0 Å². The summed E-state index contributed by atoms with van der Waals surface area (Å²) in [5, 5.41) is 0. The third-order valence-electron chi connectivity index (χ3n) is 4.69. The van der Waals surface area contributed by atoms with Crippen molar-refractivity contribution >= 4 is 5.69 Å². The molecule has 2 rings (SSSR count). The fraction of sp³-hybridized carbons (Fsp3) is 0.667. The van der Waals surface area contributed by atoms with Gasteiger partial charge in [-0.05, 0) is 57.1 Å². The Balaban J connectivity index is 2.26. The van der Waals surface area contributed by atoms with Gasteiger partial charge in [-0.3, -0.25) is 0 Å². The number of nitrogens with zero attached hydrogens (tertiary/aromatic N) is 1. The average molecular weight is 274 g/mol. The van der Waals surface area contributed by atoms with Gasteiger partial charge in [0, 0.05) is 24.3 Å². The van der Waals surface area contributed by atoms with Crippen LogP contribution in [0.1, 0.15) is 51.2 Å². The van der Waals surface area contributed by atoms with Gasteiger partial charge in [0.05, 0.1) is 0 Å². The van der Waals surface area contributed by atoms with Crippen LogP contribution in [0.15, 0.2) is 18.2 Å². The summed E-state index contributed by atoms with van der Waals surface area (Å²) in [5.74, 6) is 0.855. The average Bonchev–Trinajstić information content (AvgIpc) is 2.40. The number of nitrogens with two attached hydrogens (primary N) is 1. The maximum absolute atomic E-state index is 6.19. The molecule has 0 spiro atoms. The highest BCUT2D eigenvalue weighted by molar-refractivity contribution is 5.56. The minimum atomic E-state index is 0.273. The van der Waals surface area contributed by atoms with Crippen molar-refractivity contribution in [2.45, 2.75) is 65.5 Å². The summed E-state index contributed by atoms with van der Waals surface area (Å²) >= 11 is 0. The molecule has 1 aliphatic heterocycles. The first kappa shape index (κ1) is 15.4. The number of aryl methyl sites for hydroxylation is 1. The van der Waals surface area contributed by atoms with Crippen LogP contribution < -0.4 is 10.6 Å². The molecule has 2 N–H and O–H groups in total. The second-order valence-corrected chi connectivity index (χ2v) is 6.68. The molecular formula is C18H30N2. The van der Waals surface area contributed by atoms with E-state index < -0.39 is 0 Å². The van der Waals surface area contributed by atoms with Crippen molar-refractivity contribution in [1.82, 2.24) is 0 Å². The third kappa shape index (κ3) is 3.54. The zero-order chi connectivity index (χ0) is 14.7. The Labute approximate surface area is 124 Å². The van der Waals surface area contributed by atoms with E-state index in [0.717, 1.165) is 18.8 Å². The Hall–Kier alpha value is -1.02. The molecule has 0 amide bonds. The van der Waals surface area contributed by atoms with Crippen LogP contribution in [0.2, 0.25) is 0 Å². The molecular weight excluding hydrogens is 244 g/mol. The van der Waals surface area contributed by atoms with Crippen molar-refractivity contribution in [3.8, 4) is 0 Å². The van der Waals surface area contributed by atoms with E-state index in [9.17, 15) is 0 Å². The Morgan fingerprint density at radius 3 is 2.75 bits per heavy atom. The van der Waals surface area contributed by atoms with Gasteiger partial charge < -0.3 is 10.6 Å². The van der Waals surface area contributed by atoms with Gasteiger partial charge in [0.15, 0.2) is 0 Å². The van der Waals surface area contributed by atoms with Crippen molar-refractivity contribution in [3.63, 3.8) is 0 Å². The molecule has 1 aromatic rings. The quantitative estimate of drug-likeness (QED) is 0.902. The number of hydrogen-bond acceptors (Lipinski definition) is 2. The number of benzene rings is 1. The van der Waals surface area contributed by atoms with Crippen LogP contribution in [-0.4, -0.2) is 18.6 Å². The van der Waals surface area contributed by atoms with E-state index in [1.807, 2.05) is 0 Å².